The zero-order valence-electron chi connectivity index (χ0n) is 9.96. The Kier molecular flexibility index (Phi) is 4.28. The Bertz CT molecular complexity index is 626. The first-order valence-electron chi connectivity index (χ1n) is 5.59. The summed E-state index contributed by atoms with van der Waals surface area (Å²) in [4.78, 5) is 0. The minimum absolute atomic E-state index is 0.101. The molecule has 0 bridgehead atoms. The summed E-state index contributed by atoms with van der Waals surface area (Å²) >= 11 is 11.7. The minimum Gasteiger partial charge on any atom is -0.384 e. The van der Waals surface area contributed by atoms with Gasteiger partial charge in [0.1, 0.15) is 6.10 Å². The molecular weight excluding hydrogens is 312 g/mol. The second kappa shape index (κ2) is 5.64. The first-order valence-corrected chi connectivity index (χ1v) is 6.35. The molecule has 0 amide bonds. The molecule has 0 saturated carbocycles. The molecule has 0 saturated heterocycles. The molecule has 0 fully saturated rings. The van der Waals surface area contributed by atoms with Gasteiger partial charge in [-0.3, -0.25) is 0 Å². The van der Waals surface area contributed by atoms with Crippen LogP contribution in [-0.4, -0.2) is 5.11 Å². The van der Waals surface area contributed by atoms with Gasteiger partial charge in [0.05, 0.1) is 5.56 Å². The Balaban J connectivity index is 2.43. The van der Waals surface area contributed by atoms with E-state index in [0.717, 1.165) is 12.1 Å². The van der Waals surface area contributed by atoms with Gasteiger partial charge in [-0.05, 0) is 35.9 Å². The summed E-state index contributed by atoms with van der Waals surface area (Å²) in [6.07, 6.45) is -5.74. The highest BCUT2D eigenvalue weighted by Gasteiger charge is 2.31. The van der Waals surface area contributed by atoms with Crippen molar-refractivity contribution in [1.29, 1.82) is 0 Å². The van der Waals surface area contributed by atoms with E-state index in [1.807, 2.05) is 0 Å². The summed E-state index contributed by atoms with van der Waals surface area (Å²) < 4.78 is 37.9. The smallest absolute Gasteiger partial charge is 0.384 e. The van der Waals surface area contributed by atoms with Crippen LogP contribution in [0.4, 0.5) is 13.2 Å². The highest BCUT2D eigenvalue weighted by atomic mass is 35.5. The lowest BCUT2D eigenvalue weighted by atomic mass is 9.99. The molecule has 0 aromatic heterocycles. The summed E-state index contributed by atoms with van der Waals surface area (Å²) in [5.41, 5.74) is -0.463. The second-order valence-electron chi connectivity index (χ2n) is 4.19. The summed E-state index contributed by atoms with van der Waals surface area (Å²) in [5, 5.41) is 10.8. The van der Waals surface area contributed by atoms with E-state index in [0.29, 0.717) is 5.02 Å². The summed E-state index contributed by atoms with van der Waals surface area (Å²) in [5.74, 6) is 0. The maximum absolute atomic E-state index is 12.6. The van der Waals surface area contributed by atoms with Crippen molar-refractivity contribution in [2.24, 2.45) is 0 Å². The number of aliphatic hydroxyl groups excluding tert-OH is 1. The average molecular weight is 321 g/mol. The third-order valence-corrected chi connectivity index (χ3v) is 3.36. The van der Waals surface area contributed by atoms with Crippen molar-refractivity contribution in [2.45, 2.75) is 12.3 Å². The Hall–Kier alpha value is -1.23. The molecule has 2 rings (SSSR count). The predicted molar refractivity (Wildman–Crippen MR) is 72.0 cm³/mol. The summed E-state index contributed by atoms with van der Waals surface area (Å²) in [6, 6.07) is 8.91. The third kappa shape index (κ3) is 3.26. The molecule has 20 heavy (non-hydrogen) atoms. The standard InChI is InChI=1S/C14H9Cl2F3O/c15-10-4-5-12(16)11(7-10)13(20)8-2-1-3-9(6-8)14(17,18)19/h1-7,13,20H. The van der Waals surface area contributed by atoms with Gasteiger partial charge in [-0.2, -0.15) is 13.2 Å². The zero-order chi connectivity index (χ0) is 14.9. The largest absolute Gasteiger partial charge is 0.416 e. The van der Waals surface area contributed by atoms with Crippen LogP contribution in [0.1, 0.15) is 22.8 Å². The van der Waals surface area contributed by atoms with Crippen LogP contribution >= 0.6 is 23.2 Å². The van der Waals surface area contributed by atoms with Gasteiger partial charge in [0, 0.05) is 15.6 Å². The number of rotatable bonds is 2. The fourth-order valence-corrected chi connectivity index (χ4v) is 2.19. The maximum atomic E-state index is 12.6. The monoisotopic (exact) mass is 320 g/mol. The second-order valence-corrected chi connectivity index (χ2v) is 5.04. The van der Waals surface area contributed by atoms with E-state index in [4.69, 9.17) is 23.2 Å². The molecular formula is C14H9Cl2F3O. The van der Waals surface area contributed by atoms with Crippen molar-refractivity contribution in [3.8, 4) is 0 Å². The van der Waals surface area contributed by atoms with Crippen molar-refractivity contribution in [2.75, 3.05) is 0 Å². The number of alkyl halides is 3. The van der Waals surface area contributed by atoms with Gasteiger partial charge < -0.3 is 5.11 Å². The van der Waals surface area contributed by atoms with Crippen molar-refractivity contribution >= 4 is 23.2 Å². The predicted octanol–water partition coefficient (Wildman–Crippen LogP) is 5.09. The Labute approximate surface area is 123 Å². The van der Waals surface area contributed by atoms with E-state index in [-0.39, 0.29) is 16.1 Å². The van der Waals surface area contributed by atoms with Gasteiger partial charge in [-0.1, -0.05) is 35.3 Å². The molecule has 0 radical (unpaired) electrons. The van der Waals surface area contributed by atoms with E-state index < -0.39 is 17.8 Å². The van der Waals surface area contributed by atoms with E-state index in [2.05, 4.69) is 0 Å². The molecule has 0 heterocycles. The molecule has 0 aliphatic rings. The van der Waals surface area contributed by atoms with Crippen molar-refractivity contribution in [3.63, 3.8) is 0 Å². The van der Waals surface area contributed by atoms with Crippen molar-refractivity contribution in [1.82, 2.24) is 0 Å². The van der Waals surface area contributed by atoms with Crippen LogP contribution in [0, 0.1) is 0 Å². The van der Waals surface area contributed by atoms with Crippen LogP contribution in [0.2, 0.25) is 10.0 Å². The lowest BCUT2D eigenvalue weighted by Crippen LogP contribution is -2.07. The lowest BCUT2D eigenvalue weighted by molar-refractivity contribution is -0.137. The SMILES string of the molecule is OC(c1cccc(C(F)(F)F)c1)c1cc(Cl)ccc1Cl. The van der Waals surface area contributed by atoms with Crippen LogP contribution in [0.5, 0.6) is 0 Å². The van der Waals surface area contributed by atoms with E-state index in [9.17, 15) is 18.3 Å². The Morgan fingerprint density at radius 3 is 2.35 bits per heavy atom. The molecule has 0 aliphatic heterocycles. The van der Waals surface area contributed by atoms with Crippen molar-refractivity contribution < 1.29 is 18.3 Å². The van der Waals surface area contributed by atoms with Crippen LogP contribution in [-0.2, 0) is 6.18 Å². The van der Waals surface area contributed by atoms with Gasteiger partial charge in [0.25, 0.3) is 0 Å². The first-order chi connectivity index (χ1) is 9.29. The van der Waals surface area contributed by atoms with Crippen LogP contribution in [0.15, 0.2) is 42.5 Å². The molecule has 106 valence electrons. The van der Waals surface area contributed by atoms with Gasteiger partial charge in [0.2, 0.25) is 0 Å². The topological polar surface area (TPSA) is 20.2 Å². The molecule has 1 nitrogen and oxygen atoms in total. The first kappa shape index (κ1) is 15.2. The molecule has 1 atom stereocenters. The van der Waals surface area contributed by atoms with Crippen LogP contribution in [0.25, 0.3) is 0 Å². The van der Waals surface area contributed by atoms with Gasteiger partial charge in [-0.25, -0.2) is 0 Å². The number of hydrogen-bond acceptors (Lipinski definition) is 1. The molecule has 0 aliphatic carbocycles. The van der Waals surface area contributed by atoms with Gasteiger partial charge in [0.15, 0.2) is 0 Å². The highest BCUT2D eigenvalue weighted by Crippen LogP contribution is 2.34. The van der Waals surface area contributed by atoms with Crippen LogP contribution < -0.4 is 0 Å². The van der Waals surface area contributed by atoms with Gasteiger partial charge in [-0.15, -0.1) is 0 Å². The Morgan fingerprint density at radius 2 is 1.70 bits per heavy atom. The van der Waals surface area contributed by atoms with Crippen LogP contribution in [0.3, 0.4) is 0 Å². The fraction of sp³-hybridized carbons (Fsp3) is 0.143. The Morgan fingerprint density at radius 1 is 1.00 bits per heavy atom. The molecule has 1 N–H and O–H groups in total. The van der Waals surface area contributed by atoms with Gasteiger partial charge >= 0.3 is 6.18 Å². The number of aliphatic hydroxyl groups is 1. The molecule has 6 heteroatoms. The minimum atomic E-state index is -4.46. The quantitative estimate of drug-likeness (QED) is 0.816. The molecule has 2 aromatic carbocycles. The zero-order valence-corrected chi connectivity index (χ0v) is 11.5. The molecule has 1 unspecified atom stereocenters. The summed E-state index contributed by atoms with van der Waals surface area (Å²) in [6.45, 7) is 0. The number of halogens is 5. The van der Waals surface area contributed by atoms with E-state index >= 15 is 0 Å². The molecule has 2 aromatic rings. The highest BCUT2D eigenvalue weighted by molar-refractivity contribution is 6.33. The van der Waals surface area contributed by atoms with E-state index in [1.165, 1.54) is 30.3 Å². The maximum Gasteiger partial charge on any atom is 0.416 e. The number of hydrogen-bond donors (Lipinski definition) is 1. The fourth-order valence-electron chi connectivity index (χ4n) is 1.79. The average Bonchev–Trinajstić information content (AvgIpc) is 2.40. The number of benzene rings is 2. The normalized spacial score (nSPS) is 13.3. The van der Waals surface area contributed by atoms with E-state index in [1.54, 1.807) is 0 Å². The summed E-state index contributed by atoms with van der Waals surface area (Å²) in [7, 11) is 0. The lowest BCUT2D eigenvalue weighted by Gasteiger charge is -2.15. The van der Waals surface area contributed by atoms with Crippen molar-refractivity contribution in [3.05, 3.63) is 69.2 Å². The third-order valence-electron chi connectivity index (χ3n) is 2.78. The molecule has 0 spiro atoms.